The van der Waals surface area contributed by atoms with Crippen LogP contribution in [-0.2, 0) is 6.54 Å². The predicted octanol–water partition coefficient (Wildman–Crippen LogP) is 2.48. The zero-order valence-electron chi connectivity index (χ0n) is 10.7. The van der Waals surface area contributed by atoms with E-state index < -0.39 is 0 Å². The van der Waals surface area contributed by atoms with Gasteiger partial charge in [-0.05, 0) is 25.3 Å². The van der Waals surface area contributed by atoms with Crippen LogP contribution < -0.4 is 5.32 Å². The molecule has 0 atom stereocenters. The molecule has 0 spiro atoms. The second-order valence-electron chi connectivity index (χ2n) is 4.43. The first-order valence-electron chi connectivity index (χ1n) is 6.06. The van der Waals surface area contributed by atoms with Crippen LogP contribution in [0.2, 0.25) is 0 Å². The van der Waals surface area contributed by atoms with Crippen LogP contribution in [0.1, 0.15) is 25.7 Å². The first-order valence-corrected chi connectivity index (χ1v) is 6.94. The van der Waals surface area contributed by atoms with Crippen LogP contribution >= 0.6 is 11.3 Å². The Morgan fingerprint density at radius 2 is 2.16 bits per heavy atom. The second-order valence-corrected chi connectivity index (χ2v) is 5.34. The number of anilines is 1. The molecule has 6 nitrogen and oxygen atoms in total. The molecule has 0 fully saturated rings. The molecular weight excluding hydrogens is 260 g/mol. The highest BCUT2D eigenvalue weighted by Gasteiger charge is 2.09. The van der Waals surface area contributed by atoms with Gasteiger partial charge in [-0.1, -0.05) is 0 Å². The Bertz CT molecular complexity index is 686. The molecule has 0 bridgehead atoms. The van der Waals surface area contributed by atoms with Crippen LogP contribution in [0.3, 0.4) is 0 Å². The maximum absolute atomic E-state index is 4.28. The van der Waals surface area contributed by atoms with E-state index in [2.05, 4.69) is 39.2 Å². The molecule has 0 amide bonds. The highest BCUT2D eigenvalue weighted by Crippen LogP contribution is 2.25. The van der Waals surface area contributed by atoms with Crippen molar-refractivity contribution in [3.63, 3.8) is 0 Å². The van der Waals surface area contributed by atoms with E-state index in [0.717, 1.165) is 21.9 Å². The lowest BCUT2D eigenvalue weighted by Crippen LogP contribution is -2.12. The molecule has 3 aromatic heterocycles. The topological polar surface area (TPSA) is 68.5 Å². The molecule has 7 heteroatoms. The van der Waals surface area contributed by atoms with Gasteiger partial charge in [-0.3, -0.25) is 0 Å². The number of nitrogens with zero attached hydrogens (tertiary/aromatic N) is 5. The quantitative estimate of drug-likeness (QED) is 0.791. The van der Waals surface area contributed by atoms with Crippen LogP contribution in [0.15, 0.2) is 24.1 Å². The third kappa shape index (κ3) is 2.28. The fourth-order valence-corrected chi connectivity index (χ4v) is 2.72. The molecule has 0 aliphatic heterocycles. The van der Waals surface area contributed by atoms with Gasteiger partial charge in [0, 0.05) is 6.04 Å². The summed E-state index contributed by atoms with van der Waals surface area (Å²) in [6, 6.07) is 2.29. The Morgan fingerprint density at radius 3 is 3.00 bits per heavy atom. The summed E-state index contributed by atoms with van der Waals surface area (Å²) in [5, 5.41) is 9.54. The highest BCUT2D eigenvalue weighted by molar-refractivity contribution is 7.17. The van der Waals surface area contributed by atoms with Crippen LogP contribution in [-0.4, -0.2) is 24.7 Å². The van der Waals surface area contributed by atoms with E-state index in [1.54, 1.807) is 24.0 Å². The van der Waals surface area contributed by atoms with Gasteiger partial charge in [0.2, 0.25) is 0 Å². The third-order valence-electron chi connectivity index (χ3n) is 2.79. The zero-order valence-corrected chi connectivity index (χ0v) is 11.6. The molecule has 0 aromatic carbocycles. The smallest absolute Gasteiger partial charge is 0.147 e. The van der Waals surface area contributed by atoms with Crippen molar-refractivity contribution in [1.29, 1.82) is 0 Å². The van der Waals surface area contributed by atoms with E-state index in [1.165, 1.54) is 0 Å². The maximum atomic E-state index is 4.28. The minimum Gasteiger partial charge on any atom is -0.361 e. The number of hydrogen-bond acceptors (Lipinski definition) is 6. The predicted molar refractivity (Wildman–Crippen MR) is 75.1 cm³/mol. The van der Waals surface area contributed by atoms with Gasteiger partial charge in [0.1, 0.15) is 24.3 Å². The summed E-state index contributed by atoms with van der Waals surface area (Å²) < 4.78 is 2.97. The first kappa shape index (κ1) is 12.0. The first-order chi connectivity index (χ1) is 9.25. The number of hydrogen-bond donors (Lipinski definition) is 1. The summed E-state index contributed by atoms with van der Waals surface area (Å²) in [6.45, 7) is 4.77. The maximum Gasteiger partial charge on any atom is 0.147 e. The van der Waals surface area contributed by atoms with E-state index in [-0.39, 0.29) is 0 Å². The lowest BCUT2D eigenvalue weighted by atomic mass is 10.4. The van der Waals surface area contributed by atoms with E-state index in [0.29, 0.717) is 12.6 Å². The van der Waals surface area contributed by atoms with E-state index in [1.807, 2.05) is 16.1 Å². The van der Waals surface area contributed by atoms with Gasteiger partial charge < -0.3 is 5.32 Å². The number of fused-ring (bicyclic) bond motifs is 1. The van der Waals surface area contributed by atoms with Crippen molar-refractivity contribution in [2.24, 2.45) is 0 Å². The van der Waals surface area contributed by atoms with E-state index in [9.17, 15) is 0 Å². The third-order valence-corrected chi connectivity index (χ3v) is 3.70. The molecule has 0 aliphatic rings. The Labute approximate surface area is 114 Å². The normalized spacial score (nSPS) is 11.3. The minimum atomic E-state index is 0.298. The van der Waals surface area contributed by atoms with Crippen LogP contribution in [0.4, 0.5) is 5.82 Å². The van der Waals surface area contributed by atoms with Crippen molar-refractivity contribution < 1.29 is 0 Å². The Balaban J connectivity index is 1.82. The van der Waals surface area contributed by atoms with E-state index >= 15 is 0 Å². The van der Waals surface area contributed by atoms with Crippen molar-refractivity contribution in [3.05, 3.63) is 29.9 Å². The molecule has 0 unspecified atom stereocenters. The summed E-state index contributed by atoms with van der Waals surface area (Å²) >= 11 is 1.63. The van der Waals surface area contributed by atoms with E-state index in [4.69, 9.17) is 0 Å². The summed E-state index contributed by atoms with van der Waals surface area (Å²) in [5.41, 5.74) is 0.966. The number of aromatic nitrogens is 5. The van der Waals surface area contributed by atoms with Gasteiger partial charge in [0.05, 0.1) is 16.8 Å². The zero-order chi connectivity index (χ0) is 13.2. The molecule has 0 saturated carbocycles. The molecule has 3 aromatic rings. The SMILES string of the molecule is CC(C)n1ncnc1CNc1ncnc2ccsc12. The molecule has 3 heterocycles. The molecule has 19 heavy (non-hydrogen) atoms. The average molecular weight is 274 g/mol. The van der Waals surface area contributed by atoms with Crippen LogP contribution in [0, 0.1) is 0 Å². The minimum absolute atomic E-state index is 0.298. The summed E-state index contributed by atoms with van der Waals surface area (Å²) in [5.74, 6) is 1.75. The van der Waals surface area contributed by atoms with Gasteiger partial charge in [-0.15, -0.1) is 11.3 Å². The van der Waals surface area contributed by atoms with Gasteiger partial charge >= 0.3 is 0 Å². The molecule has 98 valence electrons. The summed E-state index contributed by atoms with van der Waals surface area (Å²) in [4.78, 5) is 12.8. The number of rotatable bonds is 4. The molecule has 0 saturated heterocycles. The van der Waals surface area contributed by atoms with Gasteiger partial charge in [0.25, 0.3) is 0 Å². The molecule has 1 N–H and O–H groups in total. The fourth-order valence-electron chi connectivity index (χ4n) is 1.91. The van der Waals surface area contributed by atoms with Crippen molar-refractivity contribution >= 4 is 27.4 Å². The number of nitrogens with one attached hydrogen (secondary N) is 1. The lowest BCUT2D eigenvalue weighted by molar-refractivity contribution is 0.509. The fraction of sp³-hybridized carbons (Fsp3) is 0.333. The largest absolute Gasteiger partial charge is 0.361 e. The van der Waals surface area contributed by atoms with Crippen molar-refractivity contribution in [1.82, 2.24) is 24.7 Å². The van der Waals surface area contributed by atoms with Crippen LogP contribution in [0.5, 0.6) is 0 Å². The van der Waals surface area contributed by atoms with Crippen LogP contribution in [0.25, 0.3) is 10.2 Å². The summed E-state index contributed by atoms with van der Waals surface area (Å²) in [7, 11) is 0. The standard InChI is InChI=1S/C12H14N6S/c1-8(2)18-10(15-7-17-18)5-13-12-11-9(3-4-19-11)14-6-16-12/h3-4,6-8H,5H2,1-2H3,(H,13,14,16). The van der Waals surface area contributed by atoms with Crippen molar-refractivity contribution in [2.75, 3.05) is 5.32 Å². The lowest BCUT2D eigenvalue weighted by Gasteiger charge is -2.10. The Hall–Kier alpha value is -2.02. The van der Waals surface area contributed by atoms with Crippen molar-refractivity contribution in [3.8, 4) is 0 Å². The molecule has 0 aliphatic carbocycles. The summed E-state index contributed by atoms with van der Waals surface area (Å²) in [6.07, 6.45) is 3.16. The Kier molecular flexibility index (Phi) is 3.12. The van der Waals surface area contributed by atoms with Gasteiger partial charge in [-0.25, -0.2) is 19.6 Å². The highest BCUT2D eigenvalue weighted by atomic mass is 32.1. The Morgan fingerprint density at radius 1 is 1.26 bits per heavy atom. The monoisotopic (exact) mass is 274 g/mol. The average Bonchev–Trinajstić information content (AvgIpc) is 3.04. The van der Waals surface area contributed by atoms with Crippen molar-refractivity contribution in [2.45, 2.75) is 26.4 Å². The van der Waals surface area contributed by atoms with Gasteiger partial charge in [0.15, 0.2) is 0 Å². The number of thiophene rings is 1. The second kappa shape index (κ2) is 4.93. The molecular formula is C12H14N6S. The molecule has 0 radical (unpaired) electrons. The van der Waals surface area contributed by atoms with Gasteiger partial charge in [-0.2, -0.15) is 5.10 Å². The molecule has 3 rings (SSSR count).